The predicted octanol–water partition coefficient (Wildman–Crippen LogP) is 1.37. The molecule has 0 unspecified atom stereocenters. The molecule has 1 aromatic carbocycles. The van der Waals surface area contributed by atoms with Crippen LogP contribution in [0.25, 0.3) is 0 Å². The largest absolute Gasteiger partial charge is 0.359 e. The third-order valence-corrected chi connectivity index (χ3v) is 5.37. The average Bonchev–Trinajstić information content (AvgIpc) is 2.33. The predicted molar refractivity (Wildman–Crippen MR) is 79.2 cm³/mol. The van der Waals surface area contributed by atoms with Crippen molar-refractivity contribution in [3.8, 4) is 0 Å². The Balaban J connectivity index is 3.08. The van der Waals surface area contributed by atoms with Gasteiger partial charge in [-0.25, -0.2) is 12.7 Å². The molecule has 1 amide bonds. The minimum absolute atomic E-state index is 0.149. The van der Waals surface area contributed by atoms with Crippen LogP contribution in [0.2, 0.25) is 0 Å². The normalized spacial score (nSPS) is 11.7. The van der Waals surface area contributed by atoms with E-state index in [4.69, 9.17) is 0 Å². The quantitative estimate of drug-likeness (QED) is 0.893. The van der Waals surface area contributed by atoms with Crippen LogP contribution in [-0.2, 0) is 14.8 Å². The number of hydrogen-bond acceptors (Lipinski definition) is 3. The van der Waals surface area contributed by atoms with Gasteiger partial charge in [0, 0.05) is 27.1 Å². The van der Waals surface area contributed by atoms with Crippen LogP contribution >= 0.6 is 0 Å². The first-order valence-corrected chi connectivity index (χ1v) is 7.89. The lowest BCUT2D eigenvalue weighted by Crippen LogP contribution is -2.32. The Morgan fingerprint density at radius 1 is 1.20 bits per heavy atom. The van der Waals surface area contributed by atoms with Gasteiger partial charge in [0.05, 0.1) is 4.90 Å². The van der Waals surface area contributed by atoms with E-state index in [9.17, 15) is 13.2 Å². The second kappa shape index (κ2) is 6.37. The first-order chi connectivity index (χ1) is 9.20. The monoisotopic (exact) mass is 298 g/mol. The molecular formula is C14H22N2O3S. The van der Waals surface area contributed by atoms with E-state index >= 15 is 0 Å². The van der Waals surface area contributed by atoms with Gasteiger partial charge in [-0.3, -0.25) is 4.79 Å². The molecule has 0 fully saturated rings. The number of carbonyl (C=O) groups excluding carboxylic acids is 1. The number of hydrogen-bond donors (Lipinski definition) is 1. The Labute approximate surface area is 121 Å². The van der Waals surface area contributed by atoms with Crippen LogP contribution in [0.3, 0.4) is 0 Å². The lowest BCUT2D eigenvalue weighted by molar-refractivity contribution is -0.120. The van der Waals surface area contributed by atoms with Gasteiger partial charge in [0.15, 0.2) is 0 Å². The summed E-state index contributed by atoms with van der Waals surface area (Å²) in [6, 6.07) is 3.71. The lowest BCUT2D eigenvalue weighted by Gasteiger charge is -2.20. The first kappa shape index (κ1) is 16.7. The molecule has 0 aliphatic rings. The van der Waals surface area contributed by atoms with Crippen molar-refractivity contribution in [1.82, 2.24) is 9.62 Å². The maximum absolute atomic E-state index is 12.6. The fourth-order valence-electron chi connectivity index (χ4n) is 2.23. The highest BCUT2D eigenvalue weighted by atomic mass is 32.2. The first-order valence-electron chi connectivity index (χ1n) is 6.45. The van der Waals surface area contributed by atoms with Crippen LogP contribution in [-0.4, -0.2) is 39.3 Å². The smallest absolute Gasteiger partial charge is 0.243 e. The van der Waals surface area contributed by atoms with Crippen molar-refractivity contribution < 1.29 is 13.2 Å². The zero-order chi connectivity index (χ0) is 15.5. The van der Waals surface area contributed by atoms with Gasteiger partial charge in [-0.2, -0.15) is 0 Å². The van der Waals surface area contributed by atoms with Gasteiger partial charge in [-0.15, -0.1) is 0 Å². The summed E-state index contributed by atoms with van der Waals surface area (Å²) >= 11 is 0. The van der Waals surface area contributed by atoms with Crippen molar-refractivity contribution in [3.63, 3.8) is 0 Å². The number of carbonyl (C=O) groups is 1. The standard InChI is InChI=1S/C14H22N2O3S/c1-10-8-11(2)14(12(3)9-10)20(18,19)16(5)7-6-13(17)15-4/h8-9H,6-7H2,1-5H3,(H,15,17). The van der Waals surface area contributed by atoms with E-state index in [-0.39, 0.29) is 18.9 Å². The van der Waals surface area contributed by atoms with Gasteiger partial charge < -0.3 is 5.32 Å². The van der Waals surface area contributed by atoms with E-state index in [1.807, 2.05) is 19.1 Å². The molecule has 6 heteroatoms. The second-order valence-electron chi connectivity index (χ2n) is 4.98. The third-order valence-electron chi connectivity index (χ3n) is 3.21. The number of benzene rings is 1. The van der Waals surface area contributed by atoms with E-state index in [0.717, 1.165) is 16.7 Å². The molecule has 0 aliphatic heterocycles. The Kier molecular flexibility index (Phi) is 5.30. The minimum Gasteiger partial charge on any atom is -0.359 e. The molecule has 0 saturated heterocycles. The molecule has 0 spiro atoms. The van der Waals surface area contributed by atoms with Gasteiger partial charge in [-0.05, 0) is 31.9 Å². The van der Waals surface area contributed by atoms with Crippen molar-refractivity contribution in [3.05, 3.63) is 28.8 Å². The minimum atomic E-state index is -3.57. The highest BCUT2D eigenvalue weighted by molar-refractivity contribution is 7.89. The topological polar surface area (TPSA) is 66.5 Å². The summed E-state index contributed by atoms with van der Waals surface area (Å²) in [5, 5.41) is 2.48. The van der Waals surface area contributed by atoms with Crippen molar-refractivity contribution >= 4 is 15.9 Å². The molecule has 0 bridgehead atoms. The molecule has 0 aliphatic carbocycles. The summed E-state index contributed by atoms with van der Waals surface area (Å²) in [7, 11) is -0.538. The SMILES string of the molecule is CNC(=O)CCN(C)S(=O)(=O)c1c(C)cc(C)cc1C. The molecule has 20 heavy (non-hydrogen) atoms. The van der Waals surface area contributed by atoms with E-state index < -0.39 is 10.0 Å². The molecule has 1 rings (SSSR count). The number of nitrogens with one attached hydrogen (secondary N) is 1. The summed E-state index contributed by atoms with van der Waals surface area (Å²) in [6.45, 7) is 5.68. The maximum Gasteiger partial charge on any atom is 0.243 e. The molecule has 0 heterocycles. The fourth-order valence-corrected chi connectivity index (χ4v) is 3.81. The summed E-state index contributed by atoms with van der Waals surface area (Å²) in [5.74, 6) is -0.176. The van der Waals surface area contributed by atoms with Gasteiger partial charge in [0.1, 0.15) is 0 Å². The Bertz CT molecular complexity index is 586. The van der Waals surface area contributed by atoms with Gasteiger partial charge >= 0.3 is 0 Å². The van der Waals surface area contributed by atoms with Gasteiger partial charge in [0.2, 0.25) is 15.9 Å². The maximum atomic E-state index is 12.6. The molecule has 112 valence electrons. The Hall–Kier alpha value is -1.40. The number of nitrogens with zero attached hydrogens (tertiary/aromatic N) is 1. The van der Waals surface area contributed by atoms with Crippen molar-refractivity contribution in [2.45, 2.75) is 32.1 Å². The van der Waals surface area contributed by atoms with Crippen molar-refractivity contribution in [1.29, 1.82) is 0 Å². The Morgan fingerprint density at radius 3 is 2.15 bits per heavy atom. The van der Waals surface area contributed by atoms with Crippen LogP contribution < -0.4 is 5.32 Å². The molecule has 0 aromatic heterocycles. The zero-order valence-electron chi connectivity index (χ0n) is 12.6. The second-order valence-corrected chi connectivity index (χ2v) is 6.96. The van der Waals surface area contributed by atoms with Crippen LogP contribution in [0.4, 0.5) is 0 Å². The third kappa shape index (κ3) is 3.58. The van der Waals surface area contributed by atoms with E-state index in [2.05, 4.69) is 5.32 Å². The van der Waals surface area contributed by atoms with Gasteiger partial charge in [0.25, 0.3) is 0 Å². The van der Waals surface area contributed by atoms with Crippen molar-refractivity contribution in [2.24, 2.45) is 0 Å². The summed E-state index contributed by atoms with van der Waals surface area (Å²) in [6.07, 6.45) is 0.149. The molecular weight excluding hydrogens is 276 g/mol. The summed E-state index contributed by atoms with van der Waals surface area (Å²) in [5.41, 5.74) is 2.50. The van der Waals surface area contributed by atoms with Gasteiger partial charge in [-0.1, -0.05) is 17.7 Å². The molecule has 0 saturated carbocycles. The molecule has 5 nitrogen and oxygen atoms in total. The Morgan fingerprint density at radius 2 is 1.70 bits per heavy atom. The fraction of sp³-hybridized carbons (Fsp3) is 0.500. The number of sulfonamides is 1. The average molecular weight is 298 g/mol. The molecule has 0 radical (unpaired) electrons. The van der Waals surface area contributed by atoms with Crippen LogP contribution in [0, 0.1) is 20.8 Å². The van der Waals surface area contributed by atoms with E-state index in [0.29, 0.717) is 4.90 Å². The number of rotatable bonds is 5. The molecule has 1 N–H and O–H groups in total. The molecule has 1 aromatic rings. The highest BCUT2D eigenvalue weighted by Crippen LogP contribution is 2.24. The van der Waals surface area contributed by atoms with Crippen LogP contribution in [0.1, 0.15) is 23.1 Å². The van der Waals surface area contributed by atoms with Crippen LogP contribution in [0.15, 0.2) is 17.0 Å². The lowest BCUT2D eigenvalue weighted by atomic mass is 10.1. The summed E-state index contributed by atoms with van der Waals surface area (Å²) in [4.78, 5) is 11.6. The van der Waals surface area contributed by atoms with Crippen LogP contribution in [0.5, 0.6) is 0 Å². The molecule has 0 atom stereocenters. The van der Waals surface area contributed by atoms with E-state index in [1.54, 1.807) is 13.8 Å². The highest BCUT2D eigenvalue weighted by Gasteiger charge is 2.25. The summed E-state index contributed by atoms with van der Waals surface area (Å²) < 4.78 is 26.4. The number of aryl methyl sites for hydroxylation is 3. The van der Waals surface area contributed by atoms with Crippen molar-refractivity contribution in [2.75, 3.05) is 20.6 Å². The zero-order valence-corrected chi connectivity index (χ0v) is 13.5. The number of amides is 1. The van der Waals surface area contributed by atoms with E-state index in [1.165, 1.54) is 18.4 Å².